The van der Waals surface area contributed by atoms with Gasteiger partial charge < -0.3 is 15.3 Å². The lowest BCUT2D eigenvalue weighted by atomic mass is 10.1. The highest BCUT2D eigenvalue weighted by molar-refractivity contribution is 5.68. The van der Waals surface area contributed by atoms with Crippen LogP contribution in [0.4, 0.5) is 13.2 Å². The minimum atomic E-state index is -4.51. The Morgan fingerprint density at radius 2 is 1.90 bits per heavy atom. The van der Waals surface area contributed by atoms with Crippen molar-refractivity contribution in [3.8, 4) is 11.3 Å². The highest BCUT2D eigenvalue weighted by Gasteiger charge is 2.34. The first kappa shape index (κ1) is 15.1. The molecule has 7 heteroatoms. The van der Waals surface area contributed by atoms with Gasteiger partial charge in [0.25, 0.3) is 0 Å². The molecule has 0 aliphatic carbocycles. The Labute approximate surface area is 118 Å². The highest BCUT2D eigenvalue weighted by Crippen LogP contribution is 2.37. The molecule has 1 aromatic heterocycles. The number of furan rings is 1. The van der Waals surface area contributed by atoms with Gasteiger partial charge in [-0.05, 0) is 18.2 Å². The van der Waals surface area contributed by atoms with Crippen molar-refractivity contribution in [3.05, 3.63) is 47.7 Å². The van der Waals surface area contributed by atoms with Crippen LogP contribution in [0.2, 0.25) is 0 Å². The fourth-order valence-corrected chi connectivity index (χ4v) is 1.93. The Hall–Kier alpha value is -2.28. The molecule has 0 radical (unpaired) electrons. The molecule has 2 aromatic rings. The SMILES string of the molecule is N[C@@H](CC(=O)O)c1ccc(-c2ccccc2C(F)(F)F)o1. The van der Waals surface area contributed by atoms with Crippen LogP contribution in [0.25, 0.3) is 11.3 Å². The van der Waals surface area contributed by atoms with Crippen LogP contribution in [-0.2, 0) is 11.0 Å². The lowest BCUT2D eigenvalue weighted by Crippen LogP contribution is -2.14. The molecule has 0 bridgehead atoms. The van der Waals surface area contributed by atoms with E-state index in [1.807, 2.05) is 0 Å². The number of hydrogen-bond donors (Lipinski definition) is 2. The minimum absolute atomic E-state index is 0.00114. The molecule has 2 rings (SSSR count). The summed E-state index contributed by atoms with van der Waals surface area (Å²) in [7, 11) is 0. The van der Waals surface area contributed by atoms with Crippen molar-refractivity contribution in [1.29, 1.82) is 0 Å². The largest absolute Gasteiger partial charge is 0.481 e. The second-order valence-corrected chi connectivity index (χ2v) is 4.45. The van der Waals surface area contributed by atoms with Crippen molar-refractivity contribution >= 4 is 5.97 Å². The summed E-state index contributed by atoms with van der Waals surface area (Å²) in [5.41, 5.74) is 4.68. The molecule has 1 heterocycles. The Morgan fingerprint density at radius 1 is 1.24 bits per heavy atom. The van der Waals surface area contributed by atoms with Crippen molar-refractivity contribution < 1.29 is 27.5 Å². The monoisotopic (exact) mass is 299 g/mol. The number of aliphatic carboxylic acids is 1. The summed E-state index contributed by atoms with van der Waals surface area (Å²) >= 11 is 0. The number of halogens is 3. The van der Waals surface area contributed by atoms with Crippen LogP contribution in [-0.4, -0.2) is 11.1 Å². The first-order chi connectivity index (χ1) is 9.79. The van der Waals surface area contributed by atoms with Gasteiger partial charge in [-0.2, -0.15) is 13.2 Å². The first-order valence-corrected chi connectivity index (χ1v) is 6.02. The average molecular weight is 299 g/mol. The number of rotatable bonds is 4. The smallest absolute Gasteiger partial charge is 0.417 e. The zero-order valence-electron chi connectivity index (χ0n) is 10.7. The van der Waals surface area contributed by atoms with Crippen LogP contribution < -0.4 is 5.73 Å². The summed E-state index contributed by atoms with van der Waals surface area (Å²) in [4.78, 5) is 10.6. The second kappa shape index (κ2) is 5.61. The molecule has 0 aliphatic rings. The molecule has 21 heavy (non-hydrogen) atoms. The van der Waals surface area contributed by atoms with E-state index in [0.717, 1.165) is 6.07 Å². The molecule has 0 unspecified atom stereocenters. The Balaban J connectivity index is 2.37. The maximum absolute atomic E-state index is 12.9. The third-order valence-corrected chi connectivity index (χ3v) is 2.88. The summed E-state index contributed by atoms with van der Waals surface area (Å²) < 4.78 is 44.1. The van der Waals surface area contributed by atoms with E-state index in [0.29, 0.717) is 0 Å². The minimum Gasteiger partial charge on any atom is -0.481 e. The van der Waals surface area contributed by atoms with Gasteiger partial charge in [0.2, 0.25) is 0 Å². The average Bonchev–Trinajstić information content (AvgIpc) is 2.86. The van der Waals surface area contributed by atoms with Gasteiger partial charge in [0.1, 0.15) is 11.5 Å². The molecule has 0 saturated heterocycles. The Kier molecular flexibility index (Phi) is 4.04. The Bertz CT molecular complexity index is 649. The zero-order chi connectivity index (χ0) is 15.6. The summed E-state index contributed by atoms with van der Waals surface area (Å²) in [5, 5.41) is 8.65. The third kappa shape index (κ3) is 3.43. The summed E-state index contributed by atoms with van der Waals surface area (Å²) in [6.45, 7) is 0. The van der Waals surface area contributed by atoms with E-state index >= 15 is 0 Å². The molecule has 4 nitrogen and oxygen atoms in total. The predicted molar refractivity (Wildman–Crippen MR) is 68.3 cm³/mol. The summed E-state index contributed by atoms with van der Waals surface area (Å²) in [6.07, 6.45) is -4.87. The lowest BCUT2D eigenvalue weighted by molar-refractivity contribution is -0.138. The van der Waals surface area contributed by atoms with Crippen molar-refractivity contribution in [2.75, 3.05) is 0 Å². The number of benzene rings is 1. The van der Waals surface area contributed by atoms with Gasteiger partial charge in [0.15, 0.2) is 0 Å². The maximum atomic E-state index is 12.9. The lowest BCUT2D eigenvalue weighted by Gasteiger charge is -2.11. The zero-order valence-corrected chi connectivity index (χ0v) is 10.7. The molecule has 0 fully saturated rings. The fourth-order valence-electron chi connectivity index (χ4n) is 1.93. The summed E-state index contributed by atoms with van der Waals surface area (Å²) in [6, 6.07) is 6.81. The molecule has 0 spiro atoms. The van der Waals surface area contributed by atoms with Gasteiger partial charge in [0, 0.05) is 5.56 Å². The van der Waals surface area contributed by atoms with E-state index < -0.39 is 23.8 Å². The highest BCUT2D eigenvalue weighted by atomic mass is 19.4. The van der Waals surface area contributed by atoms with E-state index in [9.17, 15) is 18.0 Å². The molecule has 112 valence electrons. The molecular formula is C14H12F3NO3. The van der Waals surface area contributed by atoms with Crippen molar-refractivity contribution in [1.82, 2.24) is 0 Å². The van der Waals surface area contributed by atoms with Gasteiger partial charge in [0.05, 0.1) is 18.0 Å². The molecule has 0 saturated carbocycles. The number of carboxylic acids is 1. The van der Waals surface area contributed by atoms with Crippen LogP contribution in [0.3, 0.4) is 0 Å². The number of carbonyl (C=O) groups is 1. The third-order valence-electron chi connectivity index (χ3n) is 2.88. The van der Waals surface area contributed by atoms with Gasteiger partial charge in [-0.25, -0.2) is 0 Å². The standard InChI is InChI=1S/C14H12F3NO3/c15-14(16,17)9-4-2-1-3-8(9)11-5-6-12(21-11)10(18)7-13(19)20/h1-6,10H,7,18H2,(H,19,20)/t10-/m0/s1. The number of carboxylic acid groups (broad SMARTS) is 1. The molecule has 0 amide bonds. The summed E-state index contributed by atoms with van der Waals surface area (Å²) in [5.74, 6) is -0.987. The number of nitrogens with two attached hydrogens (primary N) is 1. The number of hydrogen-bond acceptors (Lipinski definition) is 3. The van der Waals surface area contributed by atoms with Gasteiger partial charge in [-0.1, -0.05) is 18.2 Å². The van der Waals surface area contributed by atoms with Crippen LogP contribution in [0.1, 0.15) is 23.8 Å². The van der Waals surface area contributed by atoms with Crippen LogP contribution in [0.15, 0.2) is 40.8 Å². The second-order valence-electron chi connectivity index (χ2n) is 4.45. The molecule has 0 aliphatic heterocycles. The van der Waals surface area contributed by atoms with Gasteiger partial charge >= 0.3 is 12.1 Å². The fraction of sp³-hybridized carbons (Fsp3) is 0.214. The number of alkyl halides is 3. The predicted octanol–water partition coefficient (Wildman–Crippen LogP) is 3.44. The quantitative estimate of drug-likeness (QED) is 0.906. The van der Waals surface area contributed by atoms with E-state index in [2.05, 4.69) is 0 Å². The van der Waals surface area contributed by atoms with Crippen LogP contribution in [0, 0.1) is 0 Å². The van der Waals surface area contributed by atoms with Crippen LogP contribution >= 0.6 is 0 Å². The van der Waals surface area contributed by atoms with Crippen molar-refractivity contribution in [3.63, 3.8) is 0 Å². The topological polar surface area (TPSA) is 76.5 Å². The normalized spacial score (nSPS) is 13.1. The van der Waals surface area contributed by atoms with Crippen LogP contribution in [0.5, 0.6) is 0 Å². The van der Waals surface area contributed by atoms with E-state index in [4.69, 9.17) is 15.3 Å². The van der Waals surface area contributed by atoms with E-state index in [-0.39, 0.29) is 23.5 Å². The Morgan fingerprint density at radius 3 is 2.52 bits per heavy atom. The van der Waals surface area contributed by atoms with Crippen molar-refractivity contribution in [2.24, 2.45) is 5.73 Å². The molecular weight excluding hydrogens is 287 g/mol. The van der Waals surface area contributed by atoms with Gasteiger partial charge in [-0.3, -0.25) is 4.79 Å². The molecule has 1 atom stereocenters. The van der Waals surface area contributed by atoms with Gasteiger partial charge in [-0.15, -0.1) is 0 Å². The maximum Gasteiger partial charge on any atom is 0.417 e. The van der Waals surface area contributed by atoms with Crippen molar-refractivity contribution in [2.45, 2.75) is 18.6 Å². The van der Waals surface area contributed by atoms with E-state index in [1.54, 1.807) is 0 Å². The molecule has 3 N–H and O–H groups in total. The molecule has 1 aromatic carbocycles. The first-order valence-electron chi connectivity index (χ1n) is 6.02. The van der Waals surface area contributed by atoms with E-state index in [1.165, 1.54) is 30.3 Å².